The monoisotopic (exact) mass is 874 g/mol. The number of ether oxygens (including phenoxy) is 1. The second-order valence-corrected chi connectivity index (χ2v) is 17.8. The van der Waals surface area contributed by atoms with Crippen LogP contribution in [0.1, 0.15) is 58.0 Å². The summed E-state index contributed by atoms with van der Waals surface area (Å²) < 4.78 is 14.3. The molecular weight excluding hydrogens is 823 g/mol. The van der Waals surface area contributed by atoms with Crippen molar-refractivity contribution in [2.45, 2.75) is 60.0 Å². The number of anilines is 1. The molecule has 62 heavy (non-hydrogen) atoms. The van der Waals surface area contributed by atoms with E-state index in [1.165, 1.54) is 0 Å². The molecule has 0 N–H and O–H groups in total. The fourth-order valence-electron chi connectivity index (χ4n) is 9.47. The van der Waals surface area contributed by atoms with Crippen LogP contribution in [0.3, 0.4) is 0 Å². The highest BCUT2D eigenvalue weighted by Crippen LogP contribution is 2.46. The number of carbonyl (C=O) groups excluding carboxylic acids is 2. The summed E-state index contributed by atoms with van der Waals surface area (Å²) in [6.07, 6.45) is 5.07. The first-order chi connectivity index (χ1) is 29.7. The first-order valence-corrected chi connectivity index (χ1v) is 22.0. The molecule has 2 aliphatic rings. The van der Waals surface area contributed by atoms with Crippen LogP contribution in [0, 0.1) is 27.7 Å². The summed E-state index contributed by atoms with van der Waals surface area (Å²) in [5, 5.41) is 12.7. The van der Waals surface area contributed by atoms with Crippen LogP contribution in [0.15, 0.2) is 55.0 Å². The predicted octanol–water partition coefficient (Wildman–Crippen LogP) is 8.34. The summed E-state index contributed by atoms with van der Waals surface area (Å²) in [6.45, 7) is 14.4. The number of benzene rings is 3. The van der Waals surface area contributed by atoms with Gasteiger partial charge >= 0.3 is 0 Å². The van der Waals surface area contributed by atoms with Gasteiger partial charge in [0.05, 0.1) is 40.6 Å². The van der Waals surface area contributed by atoms with E-state index in [9.17, 15) is 4.79 Å². The minimum atomic E-state index is -0.125. The fourth-order valence-corrected chi connectivity index (χ4v) is 9.83. The lowest BCUT2D eigenvalue weighted by Gasteiger charge is -2.34. The van der Waals surface area contributed by atoms with Crippen molar-refractivity contribution in [3.05, 3.63) is 98.8 Å². The molecule has 0 saturated carbocycles. The van der Waals surface area contributed by atoms with Gasteiger partial charge in [0.1, 0.15) is 17.8 Å². The molecule has 4 aromatic heterocycles. The zero-order valence-electron chi connectivity index (χ0n) is 36.6. The summed E-state index contributed by atoms with van der Waals surface area (Å²) >= 11 is 13.7. The second kappa shape index (κ2) is 16.2. The Morgan fingerprint density at radius 2 is 1.66 bits per heavy atom. The summed E-state index contributed by atoms with van der Waals surface area (Å²) in [5.74, 6) is 1.43. The van der Waals surface area contributed by atoms with E-state index in [0.717, 1.165) is 89.6 Å². The number of rotatable bonds is 11. The SMILES string of the molecule is Cc1cc(OCCCc2c3n(c4c(-c5c(C)nn(C)c5C)c(Cl)ccc24)C(C)CN(c2cn(CCN4CCN(C)C(=O)C4)c4ccc(-c5ncn(C)n5)cc24)C3=O)cc(C)c1Cl. The van der Waals surface area contributed by atoms with Gasteiger partial charge in [0.2, 0.25) is 5.91 Å². The second-order valence-electron chi connectivity index (χ2n) is 17.0. The topological polar surface area (TPSA) is 111 Å². The number of halogens is 2. The molecule has 1 atom stereocenters. The molecule has 7 aromatic rings. The quantitative estimate of drug-likeness (QED) is 0.120. The first kappa shape index (κ1) is 41.7. The van der Waals surface area contributed by atoms with E-state index in [2.05, 4.69) is 62.4 Å². The van der Waals surface area contributed by atoms with E-state index in [1.807, 2.05) is 75.8 Å². The van der Waals surface area contributed by atoms with Gasteiger partial charge in [-0.1, -0.05) is 29.3 Å². The molecule has 0 spiro atoms. The van der Waals surface area contributed by atoms with Gasteiger partial charge in [-0.25, -0.2) is 4.98 Å². The largest absolute Gasteiger partial charge is 0.494 e. The molecule has 15 heteroatoms. The van der Waals surface area contributed by atoms with Crippen LogP contribution in [-0.2, 0) is 31.9 Å². The van der Waals surface area contributed by atoms with Crippen LogP contribution < -0.4 is 9.64 Å². The van der Waals surface area contributed by atoms with E-state index in [-0.39, 0.29) is 17.9 Å². The molecule has 322 valence electrons. The van der Waals surface area contributed by atoms with Crippen LogP contribution in [0.25, 0.3) is 44.3 Å². The lowest BCUT2D eigenvalue weighted by atomic mass is 9.98. The van der Waals surface area contributed by atoms with E-state index in [1.54, 1.807) is 15.9 Å². The third-order valence-corrected chi connectivity index (χ3v) is 13.7. The van der Waals surface area contributed by atoms with Gasteiger partial charge in [-0.15, -0.1) is 0 Å². The fraction of sp³-hybridized carbons (Fsp3) is 0.383. The Hall–Kier alpha value is -5.63. The number of nitrogens with zero attached hydrogens (tertiary/aromatic N) is 10. The van der Waals surface area contributed by atoms with E-state index in [4.69, 9.17) is 33.0 Å². The standard InChI is InChI=1S/C47H52Cl2N10O3/c1-27-20-33(21-28(2)43(27)49)62-19-9-10-34-35-12-13-37(48)42(41-30(4)51-55(8)31(41)5)44(35)59-29(3)23-58(47(61)45(34)59)39-24-57(18-17-56-16-15-53(6)40(60)25-56)38-14-11-32(22-36(38)39)46-50-26-54(7)52-46/h11-14,20-22,24,26,29H,9-10,15-19,23,25H2,1-8H3. The summed E-state index contributed by atoms with van der Waals surface area (Å²) in [6, 6.07) is 14.1. The molecule has 0 bridgehead atoms. The third-order valence-electron chi connectivity index (χ3n) is 12.8. The maximum Gasteiger partial charge on any atom is 0.275 e. The average Bonchev–Trinajstić information content (AvgIpc) is 3.99. The van der Waals surface area contributed by atoms with Gasteiger partial charge in [-0.3, -0.25) is 23.9 Å². The smallest absolute Gasteiger partial charge is 0.275 e. The number of aromatic nitrogens is 7. The van der Waals surface area contributed by atoms with Gasteiger partial charge in [-0.05, 0) is 101 Å². The van der Waals surface area contributed by atoms with Gasteiger partial charge in [0.15, 0.2) is 5.82 Å². The molecule has 3 aromatic carbocycles. The summed E-state index contributed by atoms with van der Waals surface area (Å²) in [4.78, 5) is 38.7. The third kappa shape index (κ3) is 7.23. The number of piperazine rings is 1. The molecule has 1 unspecified atom stereocenters. The highest BCUT2D eigenvalue weighted by molar-refractivity contribution is 6.35. The van der Waals surface area contributed by atoms with Gasteiger partial charge < -0.3 is 23.7 Å². The Kier molecular flexibility index (Phi) is 10.9. The van der Waals surface area contributed by atoms with Crippen LogP contribution in [0.4, 0.5) is 5.69 Å². The van der Waals surface area contributed by atoms with Crippen molar-refractivity contribution in [1.29, 1.82) is 0 Å². The van der Waals surface area contributed by atoms with Crippen molar-refractivity contribution < 1.29 is 14.3 Å². The molecule has 0 aliphatic carbocycles. The molecule has 1 saturated heterocycles. The number of fused-ring (bicyclic) bond motifs is 4. The number of likely N-dealkylation sites (N-methyl/N-ethyl adjacent to an activating group) is 1. The Morgan fingerprint density at radius 3 is 2.35 bits per heavy atom. The van der Waals surface area contributed by atoms with E-state index in [0.29, 0.717) is 68.7 Å². The number of hydrogen-bond donors (Lipinski definition) is 0. The van der Waals surface area contributed by atoms with E-state index < -0.39 is 0 Å². The predicted molar refractivity (Wildman–Crippen MR) is 246 cm³/mol. The van der Waals surface area contributed by atoms with Crippen molar-refractivity contribution >= 4 is 62.5 Å². The number of hydrogen-bond acceptors (Lipinski definition) is 7. The van der Waals surface area contributed by atoms with Gasteiger partial charge in [-0.2, -0.15) is 10.2 Å². The zero-order chi connectivity index (χ0) is 43.7. The Balaban J connectivity index is 1.15. The van der Waals surface area contributed by atoms with Crippen molar-refractivity contribution in [1.82, 2.24) is 43.5 Å². The van der Waals surface area contributed by atoms with Crippen molar-refractivity contribution in [2.24, 2.45) is 14.1 Å². The lowest BCUT2D eigenvalue weighted by Crippen LogP contribution is -2.49. The maximum atomic E-state index is 15.6. The summed E-state index contributed by atoms with van der Waals surface area (Å²) in [5.41, 5.74) is 10.9. The number of amides is 2. The van der Waals surface area contributed by atoms with Crippen LogP contribution >= 0.6 is 23.2 Å². The summed E-state index contributed by atoms with van der Waals surface area (Å²) in [7, 11) is 5.66. The molecule has 13 nitrogen and oxygen atoms in total. The number of aryl methyl sites for hydroxylation is 6. The van der Waals surface area contributed by atoms with Crippen molar-refractivity contribution in [2.75, 3.05) is 51.3 Å². The van der Waals surface area contributed by atoms with Crippen LogP contribution in [-0.4, -0.2) is 102 Å². The molecule has 9 rings (SSSR count). The molecular formula is C47H52Cl2N10O3. The van der Waals surface area contributed by atoms with Crippen LogP contribution in [0.5, 0.6) is 5.75 Å². The molecule has 2 amide bonds. The maximum absolute atomic E-state index is 15.6. The Labute approximate surface area is 371 Å². The minimum Gasteiger partial charge on any atom is -0.494 e. The van der Waals surface area contributed by atoms with Gasteiger partial charge in [0, 0.05) is 104 Å². The number of carbonyl (C=O) groups is 2. The molecule has 2 aliphatic heterocycles. The average molecular weight is 876 g/mol. The van der Waals surface area contributed by atoms with Crippen molar-refractivity contribution in [3.63, 3.8) is 0 Å². The Bertz CT molecular complexity index is 2900. The highest BCUT2D eigenvalue weighted by Gasteiger charge is 2.38. The lowest BCUT2D eigenvalue weighted by molar-refractivity contribution is -0.134. The van der Waals surface area contributed by atoms with Gasteiger partial charge in [0.25, 0.3) is 5.91 Å². The Morgan fingerprint density at radius 1 is 0.887 bits per heavy atom. The zero-order valence-corrected chi connectivity index (χ0v) is 38.1. The normalized spacial score (nSPS) is 16.1. The molecule has 1 fully saturated rings. The minimum absolute atomic E-state index is 0.0778. The van der Waals surface area contributed by atoms with E-state index >= 15 is 4.79 Å². The molecule has 0 radical (unpaired) electrons. The molecule has 6 heterocycles. The van der Waals surface area contributed by atoms with Crippen LogP contribution in [0.2, 0.25) is 10.0 Å². The van der Waals surface area contributed by atoms with Crippen molar-refractivity contribution in [3.8, 4) is 28.3 Å². The first-order valence-electron chi connectivity index (χ1n) is 21.2. The highest BCUT2D eigenvalue weighted by atomic mass is 35.5.